The molecule has 8 heteroatoms. The Morgan fingerprint density at radius 2 is 1.89 bits per heavy atom. The van der Waals surface area contributed by atoms with Gasteiger partial charge in [0.15, 0.2) is 0 Å². The number of hydrogen-bond donors (Lipinski definition) is 2. The van der Waals surface area contributed by atoms with E-state index in [1.165, 1.54) is 22.5 Å². The number of piperidine rings is 2. The maximum atomic E-state index is 13.9. The summed E-state index contributed by atoms with van der Waals surface area (Å²) in [6.07, 6.45) is 2.98. The molecule has 1 aromatic carbocycles. The summed E-state index contributed by atoms with van der Waals surface area (Å²) in [5.41, 5.74) is 0.121. The van der Waals surface area contributed by atoms with Gasteiger partial charge in [-0.3, -0.25) is 4.79 Å². The third-order valence-corrected chi connectivity index (χ3v) is 7.71. The highest BCUT2D eigenvalue weighted by atomic mass is 32.2. The van der Waals surface area contributed by atoms with Gasteiger partial charge in [0.2, 0.25) is 15.9 Å². The van der Waals surface area contributed by atoms with Crippen molar-refractivity contribution in [1.29, 1.82) is 0 Å². The summed E-state index contributed by atoms with van der Waals surface area (Å²) in [6, 6.07) is 5.41. The first-order valence-corrected chi connectivity index (χ1v) is 11.0. The summed E-state index contributed by atoms with van der Waals surface area (Å²) in [5, 5.41) is 6.39. The van der Waals surface area contributed by atoms with E-state index < -0.39 is 15.8 Å². The van der Waals surface area contributed by atoms with Crippen molar-refractivity contribution in [1.82, 2.24) is 14.9 Å². The van der Waals surface area contributed by atoms with Gasteiger partial charge in [0.05, 0.1) is 0 Å². The Balaban J connectivity index is 1.54. The molecule has 0 radical (unpaired) electrons. The molecule has 2 aliphatic rings. The van der Waals surface area contributed by atoms with E-state index in [9.17, 15) is 17.6 Å². The third-order valence-electron chi connectivity index (χ3n) is 5.78. The minimum Gasteiger partial charge on any atom is -0.355 e. The Bertz CT molecular complexity index is 770. The molecule has 2 fully saturated rings. The number of sulfonamides is 1. The number of amides is 1. The van der Waals surface area contributed by atoms with Crippen molar-refractivity contribution in [3.05, 3.63) is 30.1 Å². The second-order valence-corrected chi connectivity index (χ2v) is 9.79. The second-order valence-electron chi connectivity index (χ2n) is 7.89. The molecule has 0 aliphatic carbocycles. The number of benzene rings is 1. The van der Waals surface area contributed by atoms with Crippen LogP contribution < -0.4 is 10.6 Å². The topological polar surface area (TPSA) is 78.5 Å². The van der Waals surface area contributed by atoms with Gasteiger partial charge in [-0.25, -0.2) is 12.8 Å². The van der Waals surface area contributed by atoms with Crippen molar-refractivity contribution in [2.75, 3.05) is 32.7 Å². The number of halogens is 1. The number of carbonyl (C=O) groups is 1. The Hall–Kier alpha value is -1.51. The summed E-state index contributed by atoms with van der Waals surface area (Å²) in [7, 11) is -3.86. The van der Waals surface area contributed by atoms with Crippen LogP contribution in [0.2, 0.25) is 0 Å². The molecule has 27 heavy (non-hydrogen) atoms. The fraction of sp³-hybridized carbons (Fsp3) is 0.632. The highest BCUT2D eigenvalue weighted by Gasteiger charge is 2.34. The van der Waals surface area contributed by atoms with Gasteiger partial charge in [-0.2, -0.15) is 4.31 Å². The maximum absolute atomic E-state index is 13.9. The van der Waals surface area contributed by atoms with Gasteiger partial charge in [-0.05, 0) is 56.3 Å². The lowest BCUT2D eigenvalue weighted by atomic mass is 9.81. The molecule has 1 aromatic rings. The van der Waals surface area contributed by atoms with Gasteiger partial charge in [0.1, 0.15) is 10.7 Å². The number of nitrogens with one attached hydrogen (secondary N) is 2. The molecule has 2 aliphatic heterocycles. The first-order valence-electron chi connectivity index (χ1n) is 9.55. The number of carbonyl (C=O) groups excluding carboxylic acids is 1. The lowest BCUT2D eigenvalue weighted by molar-refractivity contribution is -0.126. The Morgan fingerprint density at radius 3 is 2.52 bits per heavy atom. The molecular weight excluding hydrogens is 369 g/mol. The monoisotopic (exact) mass is 397 g/mol. The van der Waals surface area contributed by atoms with Gasteiger partial charge in [-0.1, -0.05) is 19.1 Å². The largest absolute Gasteiger partial charge is 0.355 e. The van der Waals surface area contributed by atoms with Crippen LogP contribution >= 0.6 is 0 Å². The quantitative estimate of drug-likeness (QED) is 0.793. The van der Waals surface area contributed by atoms with Crippen molar-refractivity contribution in [2.24, 2.45) is 11.3 Å². The highest BCUT2D eigenvalue weighted by Crippen LogP contribution is 2.28. The van der Waals surface area contributed by atoms with Gasteiger partial charge in [0, 0.05) is 25.6 Å². The van der Waals surface area contributed by atoms with E-state index in [2.05, 4.69) is 17.6 Å². The van der Waals surface area contributed by atoms with Crippen LogP contribution in [-0.4, -0.2) is 51.4 Å². The Labute approximate surface area is 160 Å². The van der Waals surface area contributed by atoms with Crippen LogP contribution in [0.1, 0.15) is 32.6 Å². The van der Waals surface area contributed by atoms with Crippen LogP contribution in [0, 0.1) is 17.2 Å². The first-order chi connectivity index (χ1) is 12.8. The molecule has 0 spiro atoms. The molecule has 2 saturated heterocycles. The van der Waals surface area contributed by atoms with E-state index in [1.807, 2.05) is 0 Å². The lowest BCUT2D eigenvalue weighted by Crippen LogP contribution is -2.47. The molecule has 3 rings (SSSR count). The number of nitrogens with zero attached hydrogens (tertiary/aromatic N) is 1. The van der Waals surface area contributed by atoms with Crippen LogP contribution in [0.25, 0.3) is 0 Å². The van der Waals surface area contributed by atoms with Crippen molar-refractivity contribution in [2.45, 2.75) is 37.5 Å². The SMILES string of the molecule is CC1(CNC(=O)C2CCN(S(=O)(=O)c3ccccc3F)CC2)CCNCC1. The van der Waals surface area contributed by atoms with Gasteiger partial charge >= 0.3 is 0 Å². The molecule has 0 unspecified atom stereocenters. The van der Waals surface area contributed by atoms with Crippen molar-refractivity contribution in [3.63, 3.8) is 0 Å². The fourth-order valence-corrected chi connectivity index (χ4v) is 5.34. The number of hydrogen-bond acceptors (Lipinski definition) is 4. The molecule has 0 aromatic heterocycles. The van der Waals surface area contributed by atoms with E-state index in [1.54, 1.807) is 0 Å². The van der Waals surface area contributed by atoms with Crippen LogP contribution in [0.5, 0.6) is 0 Å². The zero-order chi connectivity index (χ0) is 19.5. The van der Waals surface area contributed by atoms with Crippen molar-refractivity contribution < 1.29 is 17.6 Å². The minimum absolute atomic E-state index is 0.00213. The van der Waals surface area contributed by atoms with E-state index in [-0.39, 0.29) is 35.2 Å². The van der Waals surface area contributed by atoms with Gasteiger partial charge in [-0.15, -0.1) is 0 Å². The smallest absolute Gasteiger partial charge is 0.245 e. The van der Waals surface area contributed by atoms with E-state index in [0.717, 1.165) is 32.0 Å². The number of rotatable bonds is 5. The summed E-state index contributed by atoms with van der Waals surface area (Å²) >= 11 is 0. The van der Waals surface area contributed by atoms with Crippen LogP contribution in [-0.2, 0) is 14.8 Å². The van der Waals surface area contributed by atoms with E-state index in [4.69, 9.17) is 0 Å². The molecular formula is C19H28FN3O3S. The van der Waals surface area contributed by atoms with E-state index in [0.29, 0.717) is 19.4 Å². The molecule has 2 N–H and O–H groups in total. The first kappa shape index (κ1) is 20.2. The third kappa shape index (κ3) is 4.67. The highest BCUT2D eigenvalue weighted by molar-refractivity contribution is 7.89. The van der Waals surface area contributed by atoms with E-state index >= 15 is 0 Å². The molecule has 1 amide bonds. The van der Waals surface area contributed by atoms with Crippen LogP contribution in [0.4, 0.5) is 4.39 Å². The maximum Gasteiger partial charge on any atom is 0.245 e. The Kier molecular flexibility index (Phi) is 6.18. The zero-order valence-corrected chi connectivity index (χ0v) is 16.5. The molecule has 0 atom stereocenters. The molecule has 150 valence electrons. The molecule has 0 bridgehead atoms. The molecule has 0 saturated carbocycles. The zero-order valence-electron chi connectivity index (χ0n) is 15.7. The lowest BCUT2D eigenvalue weighted by Gasteiger charge is -2.35. The van der Waals surface area contributed by atoms with Gasteiger partial charge in [0.25, 0.3) is 0 Å². The van der Waals surface area contributed by atoms with Crippen molar-refractivity contribution in [3.8, 4) is 0 Å². The molecule has 2 heterocycles. The predicted octanol–water partition coefficient (Wildman–Crippen LogP) is 1.73. The summed E-state index contributed by atoms with van der Waals surface area (Å²) < 4.78 is 40.4. The van der Waals surface area contributed by atoms with Crippen molar-refractivity contribution >= 4 is 15.9 Å². The fourth-order valence-electron chi connectivity index (χ4n) is 3.80. The average molecular weight is 398 g/mol. The summed E-state index contributed by atoms with van der Waals surface area (Å²) in [6.45, 7) is 5.25. The minimum atomic E-state index is -3.86. The second kappa shape index (κ2) is 8.24. The summed E-state index contributed by atoms with van der Waals surface area (Å²) in [4.78, 5) is 12.2. The Morgan fingerprint density at radius 1 is 1.26 bits per heavy atom. The molecule has 6 nitrogen and oxygen atoms in total. The predicted molar refractivity (Wildman–Crippen MR) is 101 cm³/mol. The van der Waals surface area contributed by atoms with Crippen LogP contribution in [0.15, 0.2) is 29.2 Å². The van der Waals surface area contributed by atoms with Crippen LogP contribution in [0.3, 0.4) is 0 Å². The summed E-state index contributed by atoms with van der Waals surface area (Å²) in [5.74, 6) is -0.937. The standard InChI is InChI=1S/C19H28FN3O3S/c1-19(8-10-21-11-9-19)14-22-18(24)15-6-12-23(13-7-15)27(25,26)17-5-3-2-4-16(17)20/h2-5,15,21H,6-14H2,1H3,(H,22,24). The normalized spacial score (nSPS) is 21.7. The van der Waals surface area contributed by atoms with Gasteiger partial charge < -0.3 is 10.6 Å². The average Bonchev–Trinajstić information content (AvgIpc) is 2.67.